The second-order valence-corrected chi connectivity index (χ2v) is 10.2. The lowest BCUT2D eigenvalue weighted by Crippen LogP contribution is -2.54. The summed E-state index contributed by atoms with van der Waals surface area (Å²) in [4.78, 5) is 33.0. The van der Waals surface area contributed by atoms with Crippen molar-refractivity contribution in [3.8, 4) is 22.8 Å². The van der Waals surface area contributed by atoms with Crippen LogP contribution in [0.1, 0.15) is 38.3 Å². The number of carbonyl (C=O) groups is 2. The molecular weight excluding hydrogens is 511 g/mol. The Labute approximate surface area is 225 Å². The lowest BCUT2D eigenvalue weighted by atomic mass is 10.0. The van der Waals surface area contributed by atoms with Crippen molar-refractivity contribution in [1.82, 2.24) is 25.3 Å². The van der Waals surface area contributed by atoms with E-state index in [2.05, 4.69) is 20.4 Å². The third-order valence-electron chi connectivity index (χ3n) is 6.52. The minimum atomic E-state index is -4.47. The summed E-state index contributed by atoms with van der Waals surface area (Å²) in [5.41, 5.74) is 1.11. The number of halogens is 3. The van der Waals surface area contributed by atoms with E-state index in [-0.39, 0.29) is 35.0 Å². The maximum Gasteiger partial charge on any atom is 0.416 e. The summed E-state index contributed by atoms with van der Waals surface area (Å²) < 4.78 is 44.5. The van der Waals surface area contributed by atoms with E-state index in [0.717, 1.165) is 17.7 Å². The number of carbonyl (C=O) groups excluding carboxylic acids is 2. The number of amides is 2. The molecule has 1 aliphatic heterocycles. The van der Waals surface area contributed by atoms with Crippen LogP contribution in [0, 0.1) is 5.92 Å². The van der Waals surface area contributed by atoms with Gasteiger partial charge >= 0.3 is 6.18 Å². The Hall–Kier alpha value is -3.73. The molecule has 1 saturated heterocycles. The molecule has 208 valence electrons. The lowest BCUT2D eigenvalue weighted by molar-refractivity contribution is -0.138. The van der Waals surface area contributed by atoms with Crippen LogP contribution in [0.2, 0.25) is 0 Å². The summed E-state index contributed by atoms with van der Waals surface area (Å²) in [5.74, 6) is 0.316. The molecule has 0 bridgehead atoms. The third-order valence-corrected chi connectivity index (χ3v) is 6.52. The van der Waals surface area contributed by atoms with Crippen molar-refractivity contribution in [3.05, 3.63) is 59.7 Å². The topological polar surface area (TPSA) is 91.6 Å². The summed E-state index contributed by atoms with van der Waals surface area (Å²) in [6, 6.07) is 11.9. The largest absolute Gasteiger partial charge is 0.416 e. The zero-order valence-corrected chi connectivity index (χ0v) is 22.2. The van der Waals surface area contributed by atoms with Crippen molar-refractivity contribution >= 4 is 11.8 Å². The molecule has 3 aromatic rings. The van der Waals surface area contributed by atoms with Crippen molar-refractivity contribution < 1.29 is 27.3 Å². The van der Waals surface area contributed by atoms with Crippen LogP contribution in [-0.2, 0) is 22.3 Å². The van der Waals surface area contributed by atoms with Crippen LogP contribution in [0.15, 0.2) is 53.1 Å². The molecule has 2 aromatic carbocycles. The first-order valence-electron chi connectivity index (χ1n) is 12.9. The lowest BCUT2D eigenvalue weighted by Gasteiger charge is -2.36. The van der Waals surface area contributed by atoms with Crippen molar-refractivity contribution in [1.29, 1.82) is 0 Å². The predicted octanol–water partition coefficient (Wildman–Crippen LogP) is 4.62. The maximum atomic E-state index is 13.1. The fourth-order valence-corrected chi connectivity index (χ4v) is 4.64. The van der Waals surface area contributed by atoms with Crippen LogP contribution in [0.5, 0.6) is 0 Å². The van der Waals surface area contributed by atoms with E-state index in [0.29, 0.717) is 44.7 Å². The smallest absolute Gasteiger partial charge is 0.345 e. The quantitative estimate of drug-likeness (QED) is 0.446. The van der Waals surface area contributed by atoms with Gasteiger partial charge in [-0.1, -0.05) is 43.3 Å². The highest BCUT2D eigenvalue weighted by Crippen LogP contribution is 2.32. The third kappa shape index (κ3) is 7.44. The van der Waals surface area contributed by atoms with Gasteiger partial charge in [0.25, 0.3) is 5.89 Å². The number of nitrogens with zero attached hydrogens (tertiary/aromatic N) is 4. The Morgan fingerprint density at radius 1 is 1.03 bits per heavy atom. The zero-order chi connectivity index (χ0) is 28.2. The van der Waals surface area contributed by atoms with Crippen LogP contribution in [0.3, 0.4) is 0 Å². The van der Waals surface area contributed by atoms with Gasteiger partial charge in [-0.25, -0.2) is 0 Å². The summed E-state index contributed by atoms with van der Waals surface area (Å²) in [7, 11) is 0. The van der Waals surface area contributed by atoms with Gasteiger partial charge < -0.3 is 14.7 Å². The highest BCUT2D eigenvalue weighted by molar-refractivity contribution is 5.87. The molecule has 1 aromatic heterocycles. The van der Waals surface area contributed by atoms with E-state index < -0.39 is 17.8 Å². The highest BCUT2D eigenvalue weighted by Gasteiger charge is 2.31. The van der Waals surface area contributed by atoms with Crippen LogP contribution < -0.4 is 5.32 Å². The van der Waals surface area contributed by atoms with E-state index in [9.17, 15) is 22.8 Å². The monoisotopic (exact) mass is 543 g/mol. The number of alkyl halides is 3. The van der Waals surface area contributed by atoms with Gasteiger partial charge in [0.2, 0.25) is 17.6 Å². The van der Waals surface area contributed by atoms with E-state index in [1.165, 1.54) is 19.1 Å². The van der Waals surface area contributed by atoms with Crippen LogP contribution in [-0.4, -0.2) is 64.0 Å². The SMILES string of the molecule is CC(=O)N[C@H](CC(C)C)C(=O)N1CCN(Cc2cccc(-c3noc(-c4cccc(C(F)(F)F)c4)n3)c2)CC1. The molecule has 1 atom stereocenters. The van der Waals surface area contributed by atoms with Gasteiger partial charge in [-0.3, -0.25) is 14.5 Å². The molecule has 1 fully saturated rings. The van der Waals surface area contributed by atoms with Crippen molar-refractivity contribution in [2.45, 2.75) is 46.0 Å². The average Bonchev–Trinajstić information content (AvgIpc) is 3.38. The van der Waals surface area contributed by atoms with Crippen LogP contribution >= 0.6 is 0 Å². The molecule has 1 aliphatic rings. The Kier molecular flexibility index (Phi) is 8.69. The average molecular weight is 544 g/mol. The van der Waals surface area contributed by atoms with Gasteiger partial charge in [0, 0.05) is 50.8 Å². The molecule has 39 heavy (non-hydrogen) atoms. The Morgan fingerprint density at radius 2 is 1.72 bits per heavy atom. The molecule has 0 radical (unpaired) electrons. The minimum absolute atomic E-state index is 0.0114. The molecule has 2 amide bonds. The number of hydrogen-bond acceptors (Lipinski definition) is 6. The number of hydrogen-bond donors (Lipinski definition) is 1. The predicted molar refractivity (Wildman–Crippen MR) is 139 cm³/mol. The molecule has 11 heteroatoms. The Morgan fingerprint density at radius 3 is 2.38 bits per heavy atom. The fourth-order valence-electron chi connectivity index (χ4n) is 4.64. The number of nitrogens with one attached hydrogen (secondary N) is 1. The van der Waals surface area contributed by atoms with Crippen molar-refractivity contribution in [3.63, 3.8) is 0 Å². The molecule has 0 spiro atoms. The molecule has 0 aliphatic carbocycles. The van der Waals surface area contributed by atoms with Gasteiger partial charge in [0.05, 0.1) is 5.56 Å². The van der Waals surface area contributed by atoms with E-state index in [4.69, 9.17) is 4.52 Å². The summed E-state index contributed by atoms with van der Waals surface area (Å²) in [6.45, 7) is 8.63. The van der Waals surface area contributed by atoms with Crippen LogP contribution in [0.4, 0.5) is 13.2 Å². The summed E-state index contributed by atoms with van der Waals surface area (Å²) in [6.07, 6.45) is -3.87. The van der Waals surface area contributed by atoms with E-state index in [1.807, 2.05) is 43.0 Å². The number of rotatable bonds is 8. The first kappa shape index (κ1) is 28.3. The normalized spacial score (nSPS) is 15.4. The second kappa shape index (κ2) is 12.0. The first-order chi connectivity index (χ1) is 18.5. The van der Waals surface area contributed by atoms with Crippen LogP contribution in [0.25, 0.3) is 22.8 Å². The standard InChI is InChI=1S/C28H32F3N5O3/c1-18(2)14-24(32-19(3)37)27(38)36-12-10-35(11-13-36)17-20-6-4-7-21(15-20)25-33-26(39-34-25)22-8-5-9-23(16-22)28(29,30)31/h4-9,15-16,18,24H,10-14,17H2,1-3H3,(H,32,37)/t24-/m1/s1. The van der Waals surface area contributed by atoms with E-state index in [1.54, 1.807) is 0 Å². The second-order valence-electron chi connectivity index (χ2n) is 10.2. The zero-order valence-electron chi connectivity index (χ0n) is 22.2. The molecule has 1 N–H and O–H groups in total. The Bertz CT molecular complexity index is 1300. The molecule has 0 unspecified atom stereocenters. The number of benzene rings is 2. The molecule has 2 heterocycles. The molecular formula is C28H32F3N5O3. The van der Waals surface area contributed by atoms with Gasteiger partial charge in [0.15, 0.2) is 0 Å². The fraction of sp³-hybridized carbons (Fsp3) is 0.429. The van der Waals surface area contributed by atoms with Crippen molar-refractivity contribution in [2.24, 2.45) is 5.92 Å². The summed E-state index contributed by atoms with van der Waals surface area (Å²) >= 11 is 0. The van der Waals surface area contributed by atoms with Gasteiger partial charge in [0.1, 0.15) is 6.04 Å². The molecule has 0 saturated carbocycles. The minimum Gasteiger partial charge on any atom is -0.345 e. The van der Waals surface area contributed by atoms with Gasteiger partial charge in [-0.05, 0) is 42.2 Å². The molecule has 8 nitrogen and oxygen atoms in total. The summed E-state index contributed by atoms with van der Waals surface area (Å²) in [5, 5.41) is 6.76. The maximum absolute atomic E-state index is 13.1. The van der Waals surface area contributed by atoms with Gasteiger partial charge in [-0.2, -0.15) is 18.2 Å². The number of piperazine rings is 1. The highest BCUT2D eigenvalue weighted by atomic mass is 19.4. The van der Waals surface area contributed by atoms with Gasteiger partial charge in [-0.15, -0.1) is 0 Å². The van der Waals surface area contributed by atoms with Crippen molar-refractivity contribution in [2.75, 3.05) is 26.2 Å². The first-order valence-corrected chi connectivity index (χ1v) is 12.9. The molecule has 4 rings (SSSR count). The Balaban J connectivity index is 1.38. The van der Waals surface area contributed by atoms with E-state index >= 15 is 0 Å². The number of aromatic nitrogens is 2.